The Balaban J connectivity index is 1.48. The zero-order valence-electron chi connectivity index (χ0n) is 13.9. The van der Waals surface area contributed by atoms with Crippen LogP contribution >= 0.6 is 23.1 Å². The highest BCUT2D eigenvalue weighted by molar-refractivity contribution is 7.99. The second kappa shape index (κ2) is 8.24. The summed E-state index contributed by atoms with van der Waals surface area (Å²) < 4.78 is 5.16. The van der Waals surface area contributed by atoms with E-state index in [4.69, 9.17) is 4.74 Å². The smallest absolute Gasteiger partial charge is 0.323 e. The van der Waals surface area contributed by atoms with Crippen molar-refractivity contribution in [2.24, 2.45) is 0 Å². The first-order valence-electron chi connectivity index (χ1n) is 7.84. The van der Waals surface area contributed by atoms with Crippen LogP contribution in [0.4, 0.5) is 5.69 Å². The van der Waals surface area contributed by atoms with Crippen molar-refractivity contribution in [1.29, 1.82) is 0 Å². The number of anilines is 1. The van der Waals surface area contributed by atoms with Gasteiger partial charge < -0.3 is 20.0 Å². The molecule has 2 heterocycles. The summed E-state index contributed by atoms with van der Waals surface area (Å²) in [6.07, 6.45) is -0.911. The fraction of sp³-hybridized carbons (Fsp3) is 0.235. The van der Waals surface area contributed by atoms with Crippen LogP contribution in [-0.4, -0.2) is 33.7 Å². The second-order valence-electron chi connectivity index (χ2n) is 5.53. The molecule has 1 aromatic carbocycles. The molecule has 0 aliphatic carbocycles. The molecule has 0 bridgehead atoms. The van der Waals surface area contributed by atoms with Crippen molar-refractivity contribution in [3.8, 4) is 0 Å². The van der Waals surface area contributed by atoms with Gasteiger partial charge in [0, 0.05) is 16.3 Å². The van der Waals surface area contributed by atoms with E-state index in [1.807, 2.05) is 17.5 Å². The van der Waals surface area contributed by atoms with Gasteiger partial charge in [-0.05, 0) is 36.6 Å². The van der Waals surface area contributed by atoms with Crippen LogP contribution in [0.3, 0.4) is 0 Å². The minimum Gasteiger partial charge on any atom is -0.452 e. The van der Waals surface area contributed by atoms with Crippen molar-refractivity contribution in [3.63, 3.8) is 0 Å². The molecule has 0 unspecified atom stereocenters. The maximum Gasteiger partial charge on any atom is 0.323 e. The Morgan fingerprint density at radius 1 is 1.27 bits per heavy atom. The summed E-state index contributed by atoms with van der Waals surface area (Å²) in [6, 6.07) is 8.95. The maximum atomic E-state index is 12.2. The summed E-state index contributed by atoms with van der Waals surface area (Å²) >= 11 is 3.08. The number of imidazole rings is 1. The van der Waals surface area contributed by atoms with Gasteiger partial charge in [0.15, 0.2) is 6.10 Å². The first-order valence-corrected chi connectivity index (χ1v) is 9.87. The van der Waals surface area contributed by atoms with Crippen LogP contribution in [0, 0.1) is 0 Å². The Labute approximate surface area is 157 Å². The highest BCUT2D eigenvalue weighted by Crippen LogP contribution is 2.18. The zero-order valence-corrected chi connectivity index (χ0v) is 15.5. The number of ether oxygens (including phenoxy) is 1. The molecule has 3 aromatic rings. The van der Waals surface area contributed by atoms with Crippen LogP contribution in [0.2, 0.25) is 0 Å². The number of rotatable bonds is 7. The lowest BCUT2D eigenvalue weighted by Gasteiger charge is -2.13. The highest BCUT2D eigenvalue weighted by Gasteiger charge is 2.18. The Bertz CT molecular complexity index is 962. The number of carbonyl (C=O) groups is 2. The van der Waals surface area contributed by atoms with Crippen LogP contribution < -0.4 is 11.0 Å². The number of aromatic nitrogens is 2. The minimum absolute atomic E-state index is 0.187. The van der Waals surface area contributed by atoms with E-state index in [1.54, 1.807) is 29.5 Å². The molecule has 26 heavy (non-hydrogen) atoms. The number of carbonyl (C=O) groups excluding carboxylic acids is 2. The van der Waals surface area contributed by atoms with E-state index in [9.17, 15) is 14.4 Å². The van der Waals surface area contributed by atoms with E-state index in [0.29, 0.717) is 16.7 Å². The minimum atomic E-state index is -0.911. The van der Waals surface area contributed by atoms with E-state index in [2.05, 4.69) is 15.3 Å². The molecule has 0 aliphatic rings. The summed E-state index contributed by atoms with van der Waals surface area (Å²) in [5.41, 5.74) is 1.43. The van der Waals surface area contributed by atoms with Gasteiger partial charge in [0.2, 0.25) is 0 Å². The van der Waals surface area contributed by atoms with Gasteiger partial charge in [-0.1, -0.05) is 6.07 Å². The summed E-state index contributed by atoms with van der Waals surface area (Å²) in [4.78, 5) is 41.7. The Morgan fingerprint density at radius 3 is 2.85 bits per heavy atom. The van der Waals surface area contributed by atoms with E-state index < -0.39 is 18.0 Å². The van der Waals surface area contributed by atoms with E-state index in [1.165, 1.54) is 23.6 Å². The lowest BCUT2D eigenvalue weighted by Crippen LogP contribution is -2.30. The van der Waals surface area contributed by atoms with Gasteiger partial charge in [0.05, 0.1) is 16.8 Å². The molecule has 0 fully saturated rings. The van der Waals surface area contributed by atoms with E-state index >= 15 is 0 Å². The van der Waals surface area contributed by atoms with Crippen LogP contribution in [0.15, 0.2) is 40.5 Å². The number of hydrogen-bond donors (Lipinski definition) is 3. The molecule has 2 aromatic heterocycles. The predicted octanol–water partition coefficient (Wildman–Crippen LogP) is 2.72. The average molecular weight is 391 g/mol. The molecule has 1 atom stereocenters. The van der Waals surface area contributed by atoms with Crippen LogP contribution in [0.25, 0.3) is 11.0 Å². The molecule has 0 saturated carbocycles. The number of thiophene rings is 1. The van der Waals surface area contributed by atoms with Crippen molar-refractivity contribution in [2.45, 2.75) is 18.8 Å². The Morgan fingerprint density at radius 2 is 2.08 bits per heavy atom. The SMILES string of the molecule is C[C@@H](OC(=O)CSCc1cccs1)C(=O)Nc1ccc2[nH]c(=O)[nH]c2c1. The molecule has 3 N–H and O–H groups in total. The first-order chi connectivity index (χ1) is 12.5. The van der Waals surface area contributed by atoms with Crippen molar-refractivity contribution < 1.29 is 14.3 Å². The molecule has 136 valence electrons. The second-order valence-corrected chi connectivity index (χ2v) is 7.55. The predicted molar refractivity (Wildman–Crippen MR) is 104 cm³/mol. The number of amides is 1. The molecule has 3 rings (SSSR count). The third-order valence-corrected chi connectivity index (χ3v) is 5.52. The van der Waals surface area contributed by atoms with E-state index in [0.717, 1.165) is 5.75 Å². The molecular weight excluding hydrogens is 374 g/mol. The van der Waals surface area contributed by atoms with Crippen molar-refractivity contribution in [1.82, 2.24) is 9.97 Å². The topological polar surface area (TPSA) is 104 Å². The molecule has 0 spiro atoms. The van der Waals surface area contributed by atoms with Gasteiger partial charge in [0.1, 0.15) is 0 Å². The molecule has 7 nitrogen and oxygen atoms in total. The Kier molecular flexibility index (Phi) is 5.79. The molecule has 9 heteroatoms. The van der Waals surface area contributed by atoms with Crippen molar-refractivity contribution in [3.05, 3.63) is 51.1 Å². The van der Waals surface area contributed by atoms with Crippen molar-refractivity contribution in [2.75, 3.05) is 11.1 Å². The summed E-state index contributed by atoms with van der Waals surface area (Å²) in [6.45, 7) is 1.52. The molecule has 0 saturated heterocycles. The van der Waals surface area contributed by atoms with Gasteiger partial charge in [0.25, 0.3) is 5.91 Å². The largest absolute Gasteiger partial charge is 0.452 e. The maximum absolute atomic E-state index is 12.2. The lowest BCUT2D eigenvalue weighted by atomic mass is 10.2. The summed E-state index contributed by atoms with van der Waals surface area (Å²) in [7, 11) is 0. The zero-order chi connectivity index (χ0) is 18.5. The van der Waals surface area contributed by atoms with Crippen LogP contribution in [0.5, 0.6) is 0 Å². The number of benzene rings is 1. The number of esters is 1. The third-order valence-electron chi connectivity index (χ3n) is 3.51. The first kappa shape index (κ1) is 18.3. The molecule has 0 aliphatic heterocycles. The number of fused-ring (bicyclic) bond motifs is 1. The molecule has 0 radical (unpaired) electrons. The standard InChI is InChI=1S/C17H17N3O4S2/c1-10(24-15(21)9-25-8-12-3-2-6-26-12)16(22)18-11-4-5-13-14(7-11)20-17(23)19-13/h2-7,10H,8-9H2,1H3,(H,18,22)(H2,19,20,23)/t10-/m1/s1. The van der Waals surface area contributed by atoms with Crippen LogP contribution in [-0.2, 0) is 20.1 Å². The van der Waals surface area contributed by atoms with Gasteiger partial charge in [-0.2, -0.15) is 0 Å². The highest BCUT2D eigenvalue weighted by atomic mass is 32.2. The van der Waals surface area contributed by atoms with Gasteiger partial charge >= 0.3 is 11.7 Å². The van der Waals surface area contributed by atoms with Gasteiger partial charge in [-0.25, -0.2) is 4.79 Å². The van der Waals surface area contributed by atoms with Gasteiger partial charge in [-0.15, -0.1) is 23.1 Å². The number of aromatic amines is 2. The number of H-pyrrole nitrogens is 2. The average Bonchev–Trinajstić information content (AvgIpc) is 3.22. The summed E-state index contributed by atoms with van der Waals surface area (Å²) in [5, 5.41) is 4.66. The third kappa shape index (κ3) is 4.77. The fourth-order valence-corrected chi connectivity index (χ4v) is 3.91. The lowest BCUT2D eigenvalue weighted by molar-refractivity contribution is -0.150. The molecule has 1 amide bonds. The van der Waals surface area contributed by atoms with Gasteiger partial charge in [-0.3, -0.25) is 9.59 Å². The van der Waals surface area contributed by atoms with Crippen molar-refractivity contribution >= 4 is 51.7 Å². The monoisotopic (exact) mass is 391 g/mol. The Hall–Kier alpha value is -2.52. The quantitative estimate of drug-likeness (QED) is 0.537. The fourth-order valence-electron chi connectivity index (χ4n) is 2.27. The molecular formula is C17H17N3O4S2. The van der Waals surface area contributed by atoms with E-state index in [-0.39, 0.29) is 11.4 Å². The number of nitrogens with one attached hydrogen (secondary N) is 3. The van der Waals surface area contributed by atoms with Crippen LogP contribution in [0.1, 0.15) is 11.8 Å². The summed E-state index contributed by atoms with van der Waals surface area (Å²) in [5.74, 6) is 0.0624. The normalized spacial score (nSPS) is 12.0. The number of thioether (sulfide) groups is 1. The number of hydrogen-bond acceptors (Lipinski definition) is 6.